The lowest BCUT2D eigenvalue weighted by Crippen LogP contribution is -2.05. The molecule has 0 radical (unpaired) electrons. The molecule has 96 valence electrons. The van der Waals surface area contributed by atoms with Crippen LogP contribution in [0, 0.1) is 11.3 Å². The zero-order valence-corrected chi connectivity index (χ0v) is 11.9. The summed E-state index contributed by atoms with van der Waals surface area (Å²) in [4.78, 5) is 8.48. The molecule has 1 heterocycles. The van der Waals surface area contributed by atoms with Gasteiger partial charge >= 0.3 is 0 Å². The Morgan fingerprint density at radius 2 is 2.16 bits per heavy atom. The number of benzene rings is 1. The van der Waals surface area contributed by atoms with Crippen LogP contribution in [0.2, 0.25) is 0 Å². The van der Waals surface area contributed by atoms with Crippen LogP contribution in [0.15, 0.2) is 34.9 Å². The summed E-state index contributed by atoms with van der Waals surface area (Å²) in [6, 6.07) is 9.41. The van der Waals surface area contributed by atoms with Crippen LogP contribution in [0.1, 0.15) is 12.5 Å². The van der Waals surface area contributed by atoms with Crippen LogP contribution in [0.5, 0.6) is 0 Å². The molecule has 19 heavy (non-hydrogen) atoms. The average molecular weight is 318 g/mol. The third-order valence-corrected chi connectivity index (χ3v) is 2.96. The molecule has 0 unspecified atom stereocenters. The monoisotopic (exact) mass is 317 g/mol. The summed E-state index contributed by atoms with van der Waals surface area (Å²) in [5, 5.41) is 15.2. The number of rotatable bonds is 4. The number of hydrogen-bond donors (Lipinski definition) is 2. The third-order valence-electron chi connectivity index (χ3n) is 2.38. The van der Waals surface area contributed by atoms with Crippen molar-refractivity contribution in [3.8, 4) is 6.07 Å². The topological polar surface area (TPSA) is 73.6 Å². The standard InChI is InChI=1S/C13H12BrN5/c1-2-16-13-17-8-10(14)12(19-13)18-11-6-4-3-5-9(11)7-15/h3-6,8H,2H2,1H3,(H2,16,17,18,19). The van der Waals surface area contributed by atoms with Gasteiger partial charge in [-0.2, -0.15) is 10.2 Å². The summed E-state index contributed by atoms with van der Waals surface area (Å²) in [6.07, 6.45) is 1.67. The van der Waals surface area contributed by atoms with Crippen molar-refractivity contribution in [1.82, 2.24) is 9.97 Å². The zero-order valence-electron chi connectivity index (χ0n) is 10.3. The Balaban J connectivity index is 2.32. The van der Waals surface area contributed by atoms with E-state index < -0.39 is 0 Å². The first-order valence-corrected chi connectivity index (χ1v) is 6.56. The Morgan fingerprint density at radius 3 is 2.89 bits per heavy atom. The first-order chi connectivity index (χ1) is 9.24. The molecule has 2 N–H and O–H groups in total. The zero-order chi connectivity index (χ0) is 13.7. The molecular weight excluding hydrogens is 306 g/mol. The van der Waals surface area contributed by atoms with E-state index in [9.17, 15) is 0 Å². The maximum Gasteiger partial charge on any atom is 0.224 e. The van der Waals surface area contributed by atoms with Gasteiger partial charge in [0, 0.05) is 12.7 Å². The van der Waals surface area contributed by atoms with E-state index in [4.69, 9.17) is 5.26 Å². The number of nitriles is 1. The molecule has 0 amide bonds. The predicted molar refractivity (Wildman–Crippen MR) is 78.3 cm³/mol. The van der Waals surface area contributed by atoms with Crippen LogP contribution in [-0.4, -0.2) is 16.5 Å². The molecule has 0 aliphatic heterocycles. The van der Waals surface area contributed by atoms with Crippen molar-refractivity contribution < 1.29 is 0 Å². The number of halogens is 1. The smallest absolute Gasteiger partial charge is 0.224 e. The molecule has 6 heteroatoms. The van der Waals surface area contributed by atoms with Gasteiger partial charge < -0.3 is 10.6 Å². The third kappa shape index (κ3) is 3.20. The molecule has 0 saturated heterocycles. The lowest BCUT2D eigenvalue weighted by Gasteiger charge is -2.10. The highest BCUT2D eigenvalue weighted by Crippen LogP contribution is 2.25. The fraction of sp³-hybridized carbons (Fsp3) is 0.154. The second-order valence-corrected chi connectivity index (χ2v) is 4.56. The van der Waals surface area contributed by atoms with Crippen LogP contribution >= 0.6 is 15.9 Å². The molecule has 0 aliphatic rings. The first-order valence-electron chi connectivity index (χ1n) is 5.77. The first kappa shape index (κ1) is 13.3. The fourth-order valence-corrected chi connectivity index (χ4v) is 1.81. The highest BCUT2D eigenvalue weighted by atomic mass is 79.9. The highest BCUT2D eigenvalue weighted by molar-refractivity contribution is 9.10. The Labute approximate surface area is 119 Å². The van der Waals surface area contributed by atoms with Gasteiger partial charge in [-0.1, -0.05) is 12.1 Å². The summed E-state index contributed by atoms with van der Waals surface area (Å²) < 4.78 is 0.738. The van der Waals surface area contributed by atoms with Gasteiger partial charge in [-0.25, -0.2) is 4.98 Å². The summed E-state index contributed by atoms with van der Waals surface area (Å²) in [5.74, 6) is 1.16. The van der Waals surface area contributed by atoms with E-state index in [1.807, 2.05) is 25.1 Å². The number of aromatic nitrogens is 2. The maximum absolute atomic E-state index is 9.06. The number of anilines is 3. The minimum Gasteiger partial charge on any atom is -0.354 e. The van der Waals surface area contributed by atoms with E-state index in [-0.39, 0.29) is 0 Å². The van der Waals surface area contributed by atoms with Crippen LogP contribution in [0.25, 0.3) is 0 Å². The van der Waals surface area contributed by atoms with Crippen LogP contribution in [0.3, 0.4) is 0 Å². The predicted octanol–water partition coefficient (Wildman–Crippen LogP) is 3.29. The van der Waals surface area contributed by atoms with Gasteiger partial charge in [-0.05, 0) is 35.0 Å². The van der Waals surface area contributed by atoms with Crippen molar-refractivity contribution in [2.75, 3.05) is 17.2 Å². The second kappa shape index (κ2) is 6.16. The maximum atomic E-state index is 9.06. The molecule has 0 atom stereocenters. The van der Waals surface area contributed by atoms with Crippen molar-refractivity contribution in [2.24, 2.45) is 0 Å². The van der Waals surface area contributed by atoms with E-state index in [1.54, 1.807) is 12.3 Å². The van der Waals surface area contributed by atoms with Gasteiger partial charge in [0.05, 0.1) is 15.7 Å². The molecule has 0 saturated carbocycles. The van der Waals surface area contributed by atoms with Crippen LogP contribution < -0.4 is 10.6 Å². The highest BCUT2D eigenvalue weighted by Gasteiger charge is 2.07. The van der Waals surface area contributed by atoms with E-state index in [0.717, 1.165) is 11.0 Å². The van der Waals surface area contributed by atoms with Crippen molar-refractivity contribution in [3.63, 3.8) is 0 Å². The van der Waals surface area contributed by atoms with E-state index >= 15 is 0 Å². The van der Waals surface area contributed by atoms with E-state index in [2.05, 4.69) is 42.6 Å². The Morgan fingerprint density at radius 1 is 1.37 bits per heavy atom. The van der Waals surface area contributed by atoms with Gasteiger partial charge in [0.1, 0.15) is 11.9 Å². The molecular formula is C13H12BrN5. The van der Waals surface area contributed by atoms with Crippen molar-refractivity contribution in [1.29, 1.82) is 5.26 Å². The Kier molecular flexibility index (Phi) is 4.31. The molecule has 1 aromatic carbocycles. The minimum atomic E-state index is 0.544. The summed E-state index contributed by atoms with van der Waals surface area (Å²) in [7, 11) is 0. The Hall–Kier alpha value is -2.13. The van der Waals surface area contributed by atoms with Crippen molar-refractivity contribution in [2.45, 2.75) is 6.92 Å². The normalized spacial score (nSPS) is 9.74. The fourth-order valence-electron chi connectivity index (χ4n) is 1.52. The molecule has 0 fully saturated rings. The lowest BCUT2D eigenvalue weighted by atomic mass is 10.2. The van der Waals surface area contributed by atoms with Gasteiger partial charge in [-0.15, -0.1) is 0 Å². The molecule has 0 spiro atoms. The number of para-hydroxylation sites is 1. The van der Waals surface area contributed by atoms with Gasteiger partial charge in [-0.3, -0.25) is 0 Å². The van der Waals surface area contributed by atoms with Crippen molar-refractivity contribution in [3.05, 3.63) is 40.5 Å². The molecule has 2 rings (SSSR count). The Bertz CT molecular complexity index is 621. The summed E-state index contributed by atoms with van der Waals surface area (Å²) in [5.41, 5.74) is 1.28. The van der Waals surface area contributed by atoms with E-state index in [0.29, 0.717) is 23.0 Å². The summed E-state index contributed by atoms with van der Waals surface area (Å²) >= 11 is 3.39. The van der Waals surface area contributed by atoms with Crippen LogP contribution in [0.4, 0.5) is 17.5 Å². The molecule has 5 nitrogen and oxygen atoms in total. The van der Waals surface area contributed by atoms with Crippen LogP contribution in [-0.2, 0) is 0 Å². The quantitative estimate of drug-likeness (QED) is 0.905. The second-order valence-electron chi connectivity index (χ2n) is 3.70. The number of nitrogens with zero attached hydrogens (tertiary/aromatic N) is 3. The number of nitrogens with one attached hydrogen (secondary N) is 2. The van der Waals surface area contributed by atoms with Gasteiger partial charge in [0.15, 0.2) is 0 Å². The van der Waals surface area contributed by atoms with Gasteiger partial charge in [0.25, 0.3) is 0 Å². The molecule has 0 aliphatic carbocycles. The average Bonchev–Trinajstić information content (AvgIpc) is 2.43. The largest absolute Gasteiger partial charge is 0.354 e. The lowest BCUT2D eigenvalue weighted by molar-refractivity contribution is 1.08. The molecule has 1 aromatic heterocycles. The summed E-state index contributed by atoms with van der Waals surface area (Å²) in [6.45, 7) is 2.72. The minimum absolute atomic E-state index is 0.544. The SMILES string of the molecule is CCNc1ncc(Br)c(Nc2ccccc2C#N)n1. The number of hydrogen-bond acceptors (Lipinski definition) is 5. The van der Waals surface area contributed by atoms with Crippen molar-refractivity contribution >= 4 is 33.4 Å². The van der Waals surface area contributed by atoms with Gasteiger partial charge in [0.2, 0.25) is 5.95 Å². The van der Waals surface area contributed by atoms with E-state index in [1.165, 1.54) is 0 Å². The molecule has 2 aromatic rings. The molecule has 0 bridgehead atoms.